The number of aliphatic hydroxyl groups is 1. The van der Waals surface area contributed by atoms with Crippen molar-refractivity contribution in [3.8, 4) is 0 Å². The molecule has 2 rings (SSSR count). The second kappa shape index (κ2) is 20.7. The molecule has 2 aromatic rings. The summed E-state index contributed by atoms with van der Waals surface area (Å²) in [5.41, 5.74) is 1.68. The van der Waals surface area contributed by atoms with Gasteiger partial charge in [0.15, 0.2) is 0 Å². The standard InChI is InChI=1S/C11H14O.C7H6O.C6H10O2.2CH4/c1-3-9(2)11(12)10-7-5-4-6-8-10;8-6-7-4-2-1-3-5-7;1-3-4-5-8-6(2)7;;/h3-9,11-12H,1H2,2H3;1-6H;3-4H,5H2,1-2H3;2*1H4/b;;4-3+;;. The largest absolute Gasteiger partial charge is 0.462 e. The van der Waals surface area contributed by atoms with Gasteiger partial charge in [0, 0.05) is 18.4 Å². The molecular weight excluding hydrogens is 376 g/mol. The van der Waals surface area contributed by atoms with Gasteiger partial charge in [-0.25, -0.2) is 0 Å². The Morgan fingerprint density at radius 2 is 1.57 bits per heavy atom. The normalized spacial score (nSPS) is 10.9. The smallest absolute Gasteiger partial charge is 0.302 e. The van der Waals surface area contributed by atoms with E-state index in [9.17, 15) is 14.7 Å². The molecular formula is C26H38O4. The lowest BCUT2D eigenvalue weighted by molar-refractivity contribution is -0.139. The predicted octanol–water partition coefficient (Wildman–Crippen LogP) is 6.44. The number of hydrogen-bond acceptors (Lipinski definition) is 4. The van der Waals surface area contributed by atoms with E-state index in [0.29, 0.717) is 6.61 Å². The number of esters is 1. The van der Waals surface area contributed by atoms with Gasteiger partial charge < -0.3 is 9.84 Å². The highest BCUT2D eigenvalue weighted by Crippen LogP contribution is 2.21. The van der Waals surface area contributed by atoms with Crippen LogP contribution >= 0.6 is 0 Å². The summed E-state index contributed by atoms with van der Waals surface area (Å²) in [6, 6.07) is 18.7. The van der Waals surface area contributed by atoms with Crippen molar-refractivity contribution >= 4 is 12.3 Å². The SMILES string of the molecule is C.C.C/C=C/COC(C)=O.C=CC(C)C(O)c1ccccc1.O=Cc1ccccc1. The van der Waals surface area contributed by atoms with Gasteiger partial charge in [-0.3, -0.25) is 9.59 Å². The van der Waals surface area contributed by atoms with Gasteiger partial charge in [0.05, 0.1) is 6.10 Å². The summed E-state index contributed by atoms with van der Waals surface area (Å²) >= 11 is 0. The first-order valence-electron chi connectivity index (χ1n) is 9.06. The fraction of sp³-hybridized carbons (Fsp3) is 0.308. The molecule has 2 atom stereocenters. The minimum atomic E-state index is -0.427. The van der Waals surface area contributed by atoms with Crippen molar-refractivity contribution in [3.63, 3.8) is 0 Å². The Morgan fingerprint density at radius 1 is 1.07 bits per heavy atom. The van der Waals surface area contributed by atoms with Crippen LogP contribution in [-0.2, 0) is 9.53 Å². The lowest BCUT2D eigenvalue weighted by atomic mass is 9.98. The Kier molecular flexibility index (Phi) is 21.9. The molecule has 0 spiro atoms. The van der Waals surface area contributed by atoms with E-state index in [-0.39, 0.29) is 26.7 Å². The van der Waals surface area contributed by atoms with Crippen molar-refractivity contribution in [1.29, 1.82) is 0 Å². The molecule has 30 heavy (non-hydrogen) atoms. The van der Waals surface area contributed by atoms with E-state index in [4.69, 9.17) is 0 Å². The molecule has 2 unspecified atom stereocenters. The summed E-state index contributed by atoms with van der Waals surface area (Å²) in [5, 5.41) is 9.72. The molecule has 0 bridgehead atoms. The number of carbonyl (C=O) groups excluding carboxylic acids is 2. The van der Waals surface area contributed by atoms with Crippen LogP contribution in [-0.4, -0.2) is 24.0 Å². The molecule has 1 N–H and O–H groups in total. The highest BCUT2D eigenvalue weighted by Gasteiger charge is 2.11. The van der Waals surface area contributed by atoms with Crippen molar-refractivity contribution in [2.45, 2.75) is 41.7 Å². The molecule has 0 aliphatic rings. The first kappa shape index (κ1) is 31.7. The van der Waals surface area contributed by atoms with Gasteiger partial charge in [-0.15, -0.1) is 6.58 Å². The molecule has 0 fully saturated rings. The molecule has 2 aromatic carbocycles. The van der Waals surface area contributed by atoms with Crippen molar-refractivity contribution in [1.82, 2.24) is 0 Å². The summed E-state index contributed by atoms with van der Waals surface area (Å²) in [5.74, 6) is -0.129. The maximum atomic E-state index is 10.1. The molecule has 0 aliphatic carbocycles. The minimum Gasteiger partial charge on any atom is -0.462 e. The lowest BCUT2D eigenvalue weighted by Crippen LogP contribution is -2.05. The Morgan fingerprint density at radius 3 is 1.93 bits per heavy atom. The summed E-state index contributed by atoms with van der Waals surface area (Å²) in [6.45, 7) is 9.26. The van der Waals surface area contributed by atoms with Gasteiger partial charge in [0.1, 0.15) is 12.9 Å². The second-order valence-corrected chi connectivity index (χ2v) is 5.85. The maximum absolute atomic E-state index is 10.1. The van der Waals surface area contributed by atoms with Gasteiger partial charge in [0.2, 0.25) is 0 Å². The van der Waals surface area contributed by atoms with Crippen LogP contribution in [0.3, 0.4) is 0 Å². The molecule has 0 saturated heterocycles. The Balaban J connectivity index is -0.000000364. The van der Waals surface area contributed by atoms with Gasteiger partial charge in [-0.1, -0.05) is 101 Å². The fourth-order valence-corrected chi connectivity index (χ4v) is 1.88. The molecule has 166 valence electrons. The number of aldehydes is 1. The number of ether oxygens (including phenoxy) is 1. The number of carbonyl (C=O) groups is 2. The third-order valence-electron chi connectivity index (χ3n) is 3.57. The van der Waals surface area contributed by atoms with Gasteiger partial charge in [-0.05, 0) is 12.5 Å². The van der Waals surface area contributed by atoms with E-state index in [0.717, 1.165) is 17.4 Å². The van der Waals surface area contributed by atoms with Crippen molar-refractivity contribution < 1.29 is 19.4 Å². The van der Waals surface area contributed by atoms with Crippen LogP contribution in [0.15, 0.2) is 85.5 Å². The van der Waals surface area contributed by atoms with E-state index in [2.05, 4.69) is 11.3 Å². The number of benzene rings is 2. The van der Waals surface area contributed by atoms with Crippen LogP contribution in [0.25, 0.3) is 0 Å². The zero-order valence-corrected chi connectivity index (χ0v) is 16.8. The van der Waals surface area contributed by atoms with Crippen LogP contribution in [0.4, 0.5) is 0 Å². The summed E-state index contributed by atoms with van der Waals surface area (Å²) in [6.07, 6.45) is 5.78. The van der Waals surface area contributed by atoms with Crippen LogP contribution in [0.5, 0.6) is 0 Å². The zero-order valence-electron chi connectivity index (χ0n) is 16.8. The van der Waals surface area contributed by atoms with E-state index < -0.39 is 6.10 Å². The topological polar surface area (TPSA) is 63.6 Å². The second-order valence-electron chi connectivity index (χ2n) is 5.85. The molecule has 0 amide bonds. The summed E-state index contributed by atoms with van der Waals surface area (Å²) in [4.78, 5) is 20.1. The van der Waals surface area contributed by atoms with E-state index in [1.165, 1.54) is 6.92 Å². The number of allylic oxidation sites excluding steroid dienone is 1. The van der Waals surface area contributed by atoms with E-state index in [1.807, 2.05) is 68.5 Å². The Hall–Kier alpha value is -2.98. The Bertz CT molecular complexity index is 693. The predicted molar refractivity (Wildman–Crippen MR) is 128 cm³/mol. The molecule has 4 heteroatoms. The fourth-order valence-electron chi connectivity index (χ4n) is 1.88. The average Bonchev–Trinajstić information content (AvgIpc) is 2.74. The van der Waals surface area contributed by atoms with Crippen molar-refractivity contribution in [3.05, 3.63) is 96.6 Å². The minimum absolute atomic E-state index is 0. The van der Waals surface area contributed by atoms with Crippen molar-refractivity contribution in [2.75, 3.05) is 6.61 Å². The molecule has 0 radical (unpaired) electrons. The molecule has 0 aromatic heterocycles. The van der Waals surface area contributed by atoms with Crippen LogP contribution < -0.4 is 0 Å². The van der Waals surface area contributed by atoms with Crippen LogP contribution in [0.2, 0.25) is 0 Å². The third kappa shape index (κ3) is 16.0. The molecule has 0 heterocycles. The molecule has 0 aliphatic heterocycles. The van der Waals surface area contributed by atoms with E-state index in [1.54, 1.807) is 24.3 Å². The van der Waals surface area contributed by atoms with Gasteiger partial charge in [-0.2, -0.15) is 0 Å². The van der Waals surface area contributed by atoms with Gasteiger partial charge >= 0.3 is 5.97 Å². The third-order valence-corrected chi connectivity index (χ3v) is 3.57. The maximum Gasteiger partial charge on any atom is 0.302 e. The zero-order chi connectivity index (χ0) is 21.2. The average molecular weight is 415 g/mol. The number of aliphatic hydroxyl groups excluding tert-OH is 1. The highest BCUT2D eigenvalue weighted by atomic mass is 16.5. The van der Waals surface area contributed by atoms with E-state index >= 15 is 0 Å². The lowest BCUT2D eigenvalue weighted by Gasteiger charge is -2.14. The number of rotatable bonds is 6. The van der Waals surface area contributed by atoms with Crippen LogP contribution in [0.1, 0.15) is 57.6 Å². The summed E-state index contributed by atoms with van der Waals surface area (Å²) < 4.78 is 4.56. The van der Waals surface area contributed by atoms with Crippen molar-refractivity contribution in [2.24, 2.45) is 5.92 Å². The Labute approximate surface area is 182 Å². The molecule has 0 saturated carbocycles. The quantitative estimate of drug-likeness (QED) is 0.336. The summed E-state index contributed by atoms with van der Waals surface area (Å²) in [7, 11) is 0. The monoisotopic (exact) mass is 414 g/mol. The molecule has 4 nitrogen and oxygen atoms in total. The van der Waals surface area contributed by atoms with Gasteiger partial charge in [0.25, 0.3) is 0 Å². The first-order valence-corrected chi connectivity index (χ1v) is 9.06. The highest BCUT2D eigenvalue weighted by molar-refractivity contribution is 5.74. The first-order chi connectivity index (χ1) is 13.5. The van der Waals surface area contributed by atoms with Crippen LogP contribution in [0, 0.1) is 5.92 Å². The number of hydrogen-bond donors (Lipinski definition) is 1.